The minimum absolute atomic E-state index is 0.189. The maximum atomic E-state index is 11.5. The first-order valence-electron chi connectivity index (χ1n) is 7.77. The Hall–Kier alpha value is -2.73. The average Bonchev–Trinajstić information content (AvgIpc) is 2.97. The van der Waals surface area contributed by atoms with Crippen LogP contribution in [0.3, 0.4) is 0 Å². The molecule has 0 amide bonds. The Morgan fingerprint density at radius 3 is 2.52 bits per heavy atom. The van der Waals surface area contributed by atoms with E-state index in [0.29, 0.717) is 22.1 Å². The molecule has 0 spiro atoms. The zero-order valence-electron chi connectivity index (χ0n) is 14.1. The van der Waals surface area contributed by atoms with E-state index in [9.17, 15) is 4.79 Å². The van der Waals surface area contributed by atoms with Gasteiger partial charge in [-0.15, -0.1) is 10.2 Å². The van der Waals surface area contributed by atoms with E-state index >= 15 is 0 Å². The van der Waals surface area contributed by atoms with Crippen molar-refractivity contribution in [1.29, 1.82) is 0 Å². The number of methoxy groups -OCH3 is 1. The van der Waals surface area contributed by atoms with E-state index in [0.717, 1.165) is 11.3 Å². The molecule has 0 aliphatic rings. The summed E-state index contributed by atoms with van der Waals surface area (Å²) in [4.78, 5) is 16.1. The molecule has 0 fully saturated rings. The summed E-state index contributed by atoms with van der Waals surface area (Å²) in [6.07, 6.45) is 1.77. The van der Waals surface area contributed by atoms with Gasteiger partial charge in [0.05, 0.1) is 29.1 Å². The Morgan fingerprint density at radius 2 is 1.88 bits per heavy atom. The van der Waals surface area contributed by atoms with E-state index < -0.39 is 0 Å². The summed E-state index contributed by atoms with van der Waals surface area (Å²) in [5.41, 5.74) is 2.70. The number of rotatable bonds is 4. The predicted octanol–water partition coefficient (Wildman–Crippen LogP) is 5.31. The molecule has 128 valence electrons. The number of pyridine rings is 1. The van der Waals surface area contributed by atoms with Crippen LogP contribution < -0.4 is 0 Å². The molecule has 0 bridgehead atoms. The third kappa shape index (κ3) is 3.53. The number of hydrogen-bond acceptors (Lipinski definition) is 5. The van der Waals surface area contributed by atoms with E-state index in [1.54, 1.807) is 36.5 Å². The van der Waals surface area contributed by atoms with Crippen molar-refractivity contribution in [2.75, 3.05) is 7.11 Å². The zero-order chi connectivity index (χ0) is 18.0. The van der Waals surface area contributed by atoms with Crippen molar-refractivity contribution in [3.05, 3.63) is 58.9 Å². The Morgan fingerprint density at radius 1 is 1.16 bits per heavy atom. The number of aromatic nitrogens is 2. The highest BCUT2D eigenvalue weighted by Crippen LogP contribution is 2.30. The lowest BCUT2D eigenvalue weighted by atomic mass is 10.1. The van der Waals surface area contributed by atoms with Gasteiger partial charge in [-0.2, -0.15) is 0 Å². The summed E-state index contributed by atoms with van der Waals surface area (Å²) in [6, 6.07) is 10.4. The van der Waals surface area contributed by atoms with Crippen molar-refractivity contribution in [3.63, 3.8) is 0 Å². The van der Waals surface area contributed by atoms with E-state index in [-0.39, 0.29) is 11.9 Å². The number of hydrogen-bond donors (Lipinski definition) is 0. The van der Waals surface area contributed by atoms with Gasteiger partial charge in [0.1, 0.15) is 5.65 Å². The monoisotopic (exact) mass is 356 g/mol. The molecule has 7 heteroatoms. The summed E-state index contributed by atoms with van der Waals surface area (Å²) >= 11 is 6.09. The van der Waals surface area contributed by atoms with Crippen LogP contribution in [0.25, 0.3) is 5.65 Å². The van der Waals surface area contributed by atoms with Crippen LogP contribution in [0.2, 0.25) is 5.02 Å². The fourth-order valence-corrected chi connectivity index (χ4v) is 2.56. The molecule has 1 aromatic carbocycles. The number of halogens is 1. The number of ether oxygens (including phenoxy) is 1. The first-order chi connectivity index (χ1) is 12.0. The second-order valence-corrected chi connectivity index (χ2v) is 6.23. The van der Waals surface area contributed by atoms with Gasteiger partial charge in [-0.05, 0) is 42.3 Å². The van der Waals surface area contributed by atoms with Gasteiger partial charge >= 0.3 is 5.97 Å². The van der Waals surface area contributed by atoms with Crippen LogP contribution in [0.4, 0.5) is 11.5 Å². The Balaban J connectivity index is 1.99. The largest absolute Gasteiger partial charge is 0.465 e. The van der Waals surface area contributed by atoms with Gasteiger partial charge in [0.15, 0.2) is 5.82 Å². The number of fused-ring (bicyclic) bond motifs is 1. The third-order valence-corrected chi connectivity index (χ3v) is 3.90. The van der Waals surface area contributed by atoms with Crippen molar-refractivity contribution in [2.24, 2.45) is 10.2 Å². The van der Waals surface area contributed by atoms with E-state index in [4.69, 9.17) is 11.6 Å². The first kappa shape index (κ1) is 17.1. The minimum Gasteiger partial charge on any atom is -0.465 e. The smallest absolute Gasteiger partial charge is 0.337 e. The number of benzene rings is 1. The highest BCUT2D eigenvalue weighted by atomic mass is 35.5. The molecule has 0 aliphatic heterocycles. The molecule has 2 aromatic heterocycles. The van der Waals surface area contributed by atoms with Gasteiger partial charge in [0, 0.05) is 6.20 Å². The summed E-state index contributed by atoms with van der Waals surface area (Å²) in [5, 5.41) is 9.24. The normalized spacial score (nSPS) is 11.6. The van der Waals surface area contributed by atoms with Gasteiger partial charge in [0.2, 0.25) is 0 Å². The van der Waals surface area contributed by atoms with Gasteiger partial charge in [0.25, 0.3) is 0 Å². The van der Waals surface area contributed by atoms with Crippen molar-refractivity contribution < 1.29 is 9.53 Å². The lowest BCUT2D eigenvalue weighted by Gasteiger charge is -2.02. The number of esters is 1. The van der Waals surface area contributed by atoms with E-state index in [1.165, 1.54) is 7.11 Å². The number of imidazole rings is 1. The number of nitrogens with zero attached hydrogens (tertiary/aromatic N) is 4. The van der Waals surface area contributed by atoms with E-state index in [1.807, 2.05) is 24.3 Å². The molecule has 0 atom stereocenters. The highest BCUT2D eigenvalue weighted by molar-refractivity contribution is 6.30. The van der Waals surface area contributed by atoms with Crippen LogP contribution in [0, 0.1) is 0 Å². The molecule has 25 heavy (non-hydrogen) atoms. The van der Waals surface area contributed by atoms with Crippen molar-refractivity contribution in [1.82, 2.24) is 9.38 Å². The van der Waals surface area contributed by atoms with Crippen LogP contribution in [0.15, 0.2) is 52.8 Å². The average molecular weight is 357 g/mol. The maximum Gasteiger partial charge on any atom is 0.337 e. The summed E-state index contributed by atoms with van der Waals surface area (Å²) in [6.45, 7) is 4.10. The third-order valence-electron chi connectivity index (χ3n) is 3.68. The molecular weight excluding hydrogens is 340 g/mol. The van der Waals surface area contributed by atoms with Crippen molar-refractivity contribution >= 4 is 34.7 Å². The zero-order valence-corrected chi connectivity index (χ0v) is 14.9. The SMILES string of the molecule is COC(=O)c1ccc(N=Nc2c(C(C)C)nc3ccc(Cl)cn23)cc1. The minimum atomic E-state index is -0.387. The second kappa shape index (κ2) is 7.03. The fourth-order valence-electron chi connectivity index (χ4n) is 2.40. The quantitative estimate of drug-likeness (QED) is 0.469. The summed E-state index contributed by atoms with van der Waals surface area (Å²) in [5.74, 6) is 0.445. The maximum absolute atomic E-state index is 11.5. The molecule has 0 saturated heterocycles. The van der Waals surface area contributed by atoms with Crippen molar-refractivity contribution in [3.8, 4) is 0 Å². The lowest BCUT2D eigenvalue weighted by Crippen LogP contribution is -1.99. The fraction of sp³-hybridized carbons (Fsp3) is 0.222. The predicted molar refractivity (Wildman–Crippen MR) is 96.2 cm³/mol. The lowest BCUT2D eigenvalue weighted by molar-refractivity contribution is 0.0601. The molecule has 2 heterocycles. The van der Waals surface area contributed by atoms with E-state index in [2.05, 4.69) is 19.9 Å². The van der Waals surface area contributed by atoms with Gasteiger partial charge in [-0.25, -0.2) is 9.78 Å². The van der Waals surface area contributed by atoms with Crippen LogP contribution in [0.5, 0.6) is 0 Å². The number of carbonyl (C=O) groups excluding carboxylic acids is 1. The van der Waals surface area contributed by atoms with Crippen LogP contribution >= 0.6 is 11.6 Å². The van der Waals surface area contributed by atoms with Crippen molar-refractivity contribution in [2.45, 2.75) is 19.8 Å². The van der Waals surface area contributed by atoms with Crippen LogP contribution in [-0.2, 0) is 4.74 Å². The first-order valence-corrected chi connectivity index (χ1v) is 8.15. The molecule has 0 radical (unpaired) electrons. The van der Waals surface area contributed by atoms with Crippen LogP contribution in [-0.4, -0.2) is 22.5 Å². The molecule has 0 unspecified atom stereocenters. The Labute approximate surface area is 150 Å². The molecule has 0 N–H and O–H groups in total. The van der Waals surface area contributed by atoms with Gasteiger partial charge in [-0.3, -0.25) is 4.40 Å². The molecular formula is C18H17ClN4O2. The van der Waals surface area contributed by atoms with Crippen LogP contribution in [0.1, 0.15) is 35.8 Å². The highest BCUT2D eigenvalue weighted by Gasteiger charge is 2.15. The molecule has 6 nitrogen and oxygen atoms in total. The standard InChI is InChI=1S/C18H17ClN4O2/c1-11(2)16-17(23-10-13(19)6-9-15(23)20-16)22-21-14-7-4-12(5-8-14)18(24)25-3/h4-11H,1-3H3. The molecule has 3 aromatic rings. The Bertz CT molecular complexity index is 946. The second-order valence-electron chi connectivity index (χ2n) is 5.79. The molecule has 0 saturated carbocycles. The Kier molecular flexibility index (Phi) is 4.81. The summed E-state index contributed by atoms with van der Waals surface area (Å²) < 4.78 is 6.50. The van der Waals surface area contributed by atoms with Gasteiger partial charge < -0.3 is 4.74 Å². The summed E-state index contributed by atoms with van der Waals surface area (Å²) in [7, 11) is 1.35. The van der Waals surface area contributed by atoms with Gasteiger partial charge in [-0.1, -0.05) is 25.4 Å². The molecule has 0 aliphatic carbocycles. The molecule has 3 rings (SSSR count). The number of azo groups is 1. The topological polar surface area (TPSA) is 68.3 Å². The number of carbonyl (C=O) groups is 1.